The topological polar surface area (TPSA) is 12.0 Å². The smallest absolute Gasteiger partial charge is 0.0215 e. The molecule has 0 aliphatic rings. The van der Waals surface area contributed by atoms with Gasteiger partial charge < -0.3 is 5.32 Å². The first-order chi connectivity index (χ1) is 7.97. The molecule has 0 aliphatic carbocycles. The van der Waals surface area contributed by atoms with E-state index < -0.39 is 0 Å². The zero-order chi connectivity index (χ0) is 13.4. The fourth-order valence-corrected chi connectivity index (χ4v) is 1.72. The Hall–Kier alpha value is -0.950. The summed E-state index contributed by atoms with van der Waals surface area (Å²) in [5, 5.41) is 3.94. The second-order valence-electron chi connectivity index (χ2n) is 4.34. The maximum absolute atomic E-state index is 6.30. The van der Waals surface area contributed by atoms with Gasteiger partial charge in [-0.25, -0.2) is 0 Å². The predicted octanol–water partition coefficient (Wildman–Crippen LogP) is 4.78. The fraction of sp³-hybridized carbons (Fsp3) is 0.467. The van der Waals surface area contributed by atoms with Crippen LogP contribution in [0.5, 0.6) is 0 Å². The first-order valence-corrected chi connectivity index (χ1v) is 6.40. The second-order valence-corrected chi connectivity index (χ2v) is 4.78. The molecule has 1 nitrogen and oxygen atoms in total. The van der Waals surface area contributed by atoms with Crippen molar-refractivity contribution in [2.24, 2.45) is 5.92 Å². The van der Waals surface area contributed by atoms with Gasteiger partial charge in [0.1, 0.15) is 0 Å². The van der Waals surface area contributed by atoms with Gasteiger partial charge in [-0.1, -0.05) is 43.7 Å². The summed E-state index contributed by atoms with van der Waals surface area (Å²) in [7, 11) is 1.89. The first-order valence-electron chi connectivity index (χ1n) is 6.02. The minimum atomic E-state index is 0.389. The van der Waals surface area contributed by atoms with Crippen LogP contribution in [-0.2, 0) is 0 Å². The molecule has 1 N–H and O–H groups in total. The third kappa shape index (κ3) is 5.27. The molecular weight excluding hydrogens is 230 g/mol. The molecule has 2 heteroatoms. The molecule has 96 valence electrons. The van der Waals surface area contributed by atoms with Crippen LogP contribution in [0.15, 0.2) is 46.7 Å². The molecule has 0 aliphatic heterocycles. The van der Waals surface area contributed by atoms with E-state index in [2.05, 4.69) is 39.6 Å². The van der Waals surface area contributed by atoms with E-state index in [1.165, 1.54) is 5.57 Å². The van der Waals surface area contributed by atoms with Crippen LogP contribution in [0.4, 0.5) is 0 Å². The van der Waals surface area contributed by atoms with Crippen molar-refractivity contribution in [3.63, 3.8) is 0 Å². The number of hydrogen-bond acceptors (Lipinski definition) is 1. The molecule has 1 atom stereocenters. The lowest BCUT2D eigenvalue weighted by molar-refractivity contribution is 0.684. The van der Waals surface area contributed by atoms with Gasteiger partial charge >= 0.3 is 0 Å². The Morgan fingerprint density at radius 2 is 2.00 bits per heavy atom. The van der Waals surface area contributed by atoms with Gasteiger partial charge in [0.05, 0.1) is 0 Å². The van der Waals surface area contributed by atoms with Crippen molar-refractivity contribution in [2.75, 3.05) is 7.05 Å². The quantitative estimate of drug-likeness (QED) is 0.672. The molecule has 0 saturated carbocycles. The van der Waals surface area contributed by atoms with Crippen LogP contribution < -0.4 is 5.32 Å². The van der Waals surface area contributed by atoms with Crippen molar-refractivity contribution >= 4 is 11.6 Å². The van der Waals surface area contributed by atoms with E-state index in [9.17, 15) is 0 Å². The highest BCUT2D eigenvalue weighted by Crippen LogP contribution is 2.24. The van der Waals surface area contributed by atoms with Crippen molar-refractivity contribution in [3.05, 3.63) is 46.7 Å². The van der Waals surface area contributed by atoms with Crippen LogP contribution in [-0.4, -0.2) is 7.05 Å². The number of allylic oxidation sites excluding steroid dienone is 6. The third-order valence-electron chi connectivity index (χ3n) is 2.73. The van der Waals surface area contributed by atoms with Crippen molar-refractivity contribution in [1.82, 2.24) is 5.32 Å². The molecule has 0 bridgehead atoms. The zero-order valence-electron chi connectivity index (χ0n) is 11.6. The van der Waals surface area contributed by atoms with Gasteiger partial charge in [0.25, 0.3) is 0 Å². The van der Waals surface area contributed by atoms with Gasteiger partial charge in [0.15, 0.2) is 0 Å². The summed E-state index contributed by atoms with van der Waals surface area (Å²) in [5.41, 5.74) is 3.43. The van der Waals surface area contributed by atoms with Crippen LogP contribution in [0.1, 0.15) is 34.1 Å². The highest BCUT2D eigenvalue weighted by molar-refractivity contribution is 6.30. The summed E-state index contributed by atoms with van der Waals surface area (Å²) in [6, 6.07) is 0. The van der Waals surface area contributed by atoms with E-state index in [0.717, 1.165) is 22.6 Å². The third-order valence-corrected chi connectivity index (χ3v) is 3.21. The highest BCUT2D eigenvalue weighted by atomic mass is 35.5. The molecule has 0 rings (SSSR count). The van der Waals surface area contributed by atoms with Gasteiger partial charge in [-0.15, -0.1) is 0 Å². The standard InChI is InChI=1S/C15H24ClN/c1-7-12(5)15(16)9-13(10-17-6)14(8-2)11(3)4/h8-10,12,17H,2,7H2,1,3-6H3/b13-10-,15-9+. The molecule has 0 fully saturated rings. The number of nitrogens with one attached hydrogen (secondary N) is 1. The molecule has 0 aromatic carbocycles. The molecular formula is C15H24ClN. The average Bonchev–Trinajstić information content (AvgIpc) is 2.28. The Kier molecular flexibility index (Phi) is 7.73. The summed E-state index contributed by atoms with van der Waals surface area (Å²) in [6.07, 6.45) is 6.89. The van der Waals surface area contributed by atoms with Crippen molar-refractivity contribution in [3.8, 4) is 0 Å². The molecule has 0 spiro atoms. The molecule has 0 saturated heterocycles. The monoisotopic (exact) mass is 253 g/mol. The van der Waals surface area contributed by atoms with Crippen LogP contribution >= 0.6 is 11.6 Å². The van der Waals surface area contributed by atoms with E-state index >= 15 is 0 Å². The lowest BCUT2D eigenvalue weighted by atomic mass is 9.99. The summed E-state index contributed by atoms with van der Waals surface area (Å²) in [4.78, 5) is 0. The SMILES string of the molecule is C=CC(=C(C)C)C(=C\NC)/C=C(/Cl)C(C)CC. The van der Waals surface area contributed by atoms with Gasteiger partial charge in [-0.3, -0.25) is 0 Å². The normalized spacial score (nSPS) is 14.2. The summed E-state index contributed by atoms with van der Waals surface area (Å²) < 4.78 is 0. The lowest BCUT2D eigenvalue weighted by Gasteiger charge is -2.11. The summed E-state index contributed by atoms with van der Waals surface area (Å²) >= 11 is 6.30. The maximum atomic E-state index is 6.30. The van der Waals surface area contributed by atoms with Crippen LogP contribution in [0.2, 0.25) is 0 Å². The second kappa shape index (κ2) is 8.19. The van der Waals surface area contributed by atoms with Gasteiger partial charge in [-0.2, -0.15) is 0 Å². The molecule has 17 heavy (non-hydrogen) atoms. The van der Waals surface area contributed by atoms with Crippen LogP contribution in [0.25, 0.3) is 0 Å². The predicted molar refractivity (Wildman–Crippen MR) is 79.1 cm³/mol. The van der Waals surface area contributed by atoms with E-state index in [-0.39, 0.29) is 0 Å². The van der Waals surface area contributed by atoms with E-state index in [0.29, 0.717) is 5.92 Å². The first kappa shape index (κ1) is 16.1. The molecule has 0 amide bonds. The van der Waals surface area contributed by atoms with Gasteiger partial charge in [-0.05, 0) is 43.4 Å². The largest absolute Gasteiger partial charge is 0.393 e. The van der Waals surface area contributed by atoms with Crippen molar-refractivity contribution in [2.45, 2.75) is 34.1 Å². The number of hydrogen-bond donors (Lipinski definition) is 1. The van der Waals surface area contributed by atoms with E-state index in [4.69, 9.17) is 11.6 Å². The Labute approximate surface area is 111 Å². The number of rotatable bonds is 6. The Balaban J connectivity index is 5.36. The Morgan fingerprint density at radius 1 is 1.41 bits per heavy atom. The van der Waals surface area contributed by atoms with Crippen LogP contribution in [0.3, 0.4) is 0 Å². The summed E-state index contributed by atoms with van der Waals surface area (Å²) in [6.45, 7) is 12.3. The Morgan fingerprint density at radius 3 is 2.35 bits per heavy atom. The molecule has 1 unspecified atom stereocenters. The molecule has 0 aromatic rings. The molecule has 0 aromatic heterocycles. The van der Waals surface area contributed by atoms with Crippen molar-refractivity contribution < 1.29 is 0 Å². The highest BCUT2D eigenvalue weighted by Gasteiger charge is 2.07. The van der Waals surface area contributed by atoms with E-state index in [1.54, 1.807) is 0 Å². The van der Waals surface area contributed by atoms with Gasteiger partial charge in [0, 0.05) is 18.3 Å². The summed E-state index contributed by atoms with van der Waals surface area (Å²) in [5.74, 6) is 0.389. The number of halogens is 1. The minimum absolute atomic E-state index is 0.389. The fourth-order valence-electron chi connectivity index (χ4n) is 1.45. The molecule has 0 heterocycles. The van der Waals surface area contributed by atoms with Gasteiger partial charge in [0.2, 0.25) is 0 Å². The van der Waals surface area contributed by atoms with Crippen molar-refractivity contribution in [1.29, 1.82) is 0 Å². The minimum Gasteiger partial charge on any atom is -0.393 e. The van der Waals surface area contributed by atoms with E-state index in [1.807, 2.05) is 25.4 Å². The maximum Gasteiger partial charge on any atom is 0.0215 e. The molecule has 0 radical (unpaired) electrons. The zero-order valence-corrected chi connectivity index (χ0v) is 12.4. The average molecular weight is 254 g/mol. The van der Waals surface area contributed by atoms with Crippen LogP contribution in [0, 0.1) is 5.92 Å². The lowest BCUT2D eigenvalue weighted by Crippen LogP contribution is -2.00. The Bertz CT molecular complexity index is 344.